The van der Waals surface area contributed by atoms with E-state index in [0.29, 0.717) is 12.5 Å². The predicted octanol–water partition coefficient (Wildman–Crippen LogP) is 0.951. The lowest BCUT2D eigenvalue weighted by Gasteiger charge is -2.30. The van der Waals surface area contributed by atoms with Gasteiger partial charge in [-0.3, -0.25) is 0 Å². The van der Waals surface area contributed by atoms with Crippen LogP contribution in [0.1, 0.15) is 26.2 Å². The molecule has 0 radical (unpaired) electrons. The third-order valence-corrected chi connectivity index (χ3v) is 3.15. The Labute approximate surface area is 79.0 Å². The highest BCUT2D eigenvalue weighted by molar-refractivity contribution is 4.92. The fourth-order valence-electron chi connectivity index (χ4n) is 2.52. The van der Waals surface area contributed by atoms with E-state index in [0.717, 1.165) is 25.9 Å². The minimum atomic E-state index is -0.260. The van der Waals surface area contributed by atoms with Gasteiger partial charge in [0.2, 0.25) is 0 Å². The lowest BCUT2D eigenvalue weighted by molar-refractivity contribution is -0.0424. The van der Waals surface area contributed by atoms with E-state index in [1.54, 1.807) is 0 Å². The third kappa shape index (κ3) is 1.73. The van der Waals surface area contributed by atoms with Crippen LogP contribution in [0.3, 0.4) is 0 Å². The molecule has 1 N–H and O–H groups in total. The van der Waals surface area contributed by atoms with Gasteiger partial charge in [-0.2, -0.15) is 0 Å². The smallest absolute Gasteiger partial charge is 0.0888 e. The Morgan fingerprint density at radius 3 is 3.08 bits per heavy atom. The van der Waals surface area contributed by atoms with E-state index in [4.69, 9.17) is 9.47 Å². The van der Waals surface area contributed by atoms with E-state index in [1.165, 1.54) is 0 Å². The summed E-state index contributed by atoms with van der Waals surface area (Å²) < 4.78 is 11.1. The first kappa shape index (κ1) is 9.44. The van der Waals surface area contributed by atoms with Crippen molar-refractivity contribution in [2.24, 2.45) is 5.92 Å². The van der Waals surface area contributed by atoms with Crippen LogP contribution in [-0.4, -0.2) is 36.6 Å². The summed E-state index contributed by atoms with van der Waals surface area (Å²) in [5.74, 6) is 0.434. The molecule has 2 fully saturated rings. The van der Waals surface area contributed by atoms with Crippen LogP contribution in [0.4, 0.5) is 0 Å². The largest absolute Gasteiger partial charge is 0.390 e. The molecule has 1 aliphatic carbocycles. The molecule has 0 aromatic rings. The van der Waals surface area contributed by atoms with Crippen LogP contribution in [-0.2, 0) is 9.47 Å². The summed E-state index contributed by atoms with van der Waals surface area (Å²) in [5, 5.41) is 9.68. The van der Waals surface area contributed by atoms with Crippen molar-refractivity contribution >= 4 is 0 Å². The van der Waals surface area contributed by atoms with Crippen molar-refractivity contribution in [2.75, 3.05) is 13.2 Å². The lowest BCUT2D eigenvalue weighted by atomic mass is 9.83. The van der Waals surface area contributed by atoms with Gasteiger partial charge >= 0.3 is 0 Å². The number of hydrogen-bond donors (Lipinski definition) is 1. The Balaban J connectivity index is 1.97. The molecule has 4 atom stereocenters. The molecule has 1 saturated carbocycles. The number of ether oxygens (including phenoxy) is 2. The minimum absolute atomic E-state index is 0.0466. The van der Waals surface area contributed by atoms with E-state index >= 15 is 0 Å². The van der Waals surface area contributed by atoms with Crippen LogP contribution < -0.4 is 0 Å². The van der Waals surface area contributed by atoms with Gasteiger partial charge in [0, 0.05) is 12.5 Å². The topological polar surface area (TPSA) is 38.7 Å². The van der Waals surface area contributed by atoms with Crippen LogP contribution in [0.5, 0.6) is 0 Å². The summed E-state index contributed by atoms with van der Waals surface area (Å²) in [7, 11) is 0. The quantitative estimate of drug-likeness (QED) is 0.698. The number of rotatable bonds is 2. The van der Waals surface area contributed by atoms with Crippen LogP contribution >= 0.6 is 0 Å². The Bertz CT molecular complexity index is 172. The molecule has 0 unspecified atom stereocenters. The highest BCUT2D eigenvalue weighted by Gasteiger charge is 2.43. The van der Waals surface area contributed by atoms with Crippen molar-refractivity contribution in [2.45, 2.75) is 44.5 Å². The van der Waals surface area contributed by atoms with Crippen molar-refractivity contribution in [1.82, 2.24) is 0 Å². The molecule has 1 heterocycles. The molecular formula is C10H18O3. The molecule has 3 heteroatoms. The van der Waals surface area contributed by atoms with Gasteiger partial charge in [-0.25, -0.2) is 0 Å². The average Bonchev–Trinajstić information content (AvgIpc) is 2.51. The Kier molecular flexibility index (Phi) is 2.86. The van der Waals surface area contributed by atoms with Gasteiger partial charge < -0.3 is 14.6 Å². The molecule has 0 spiro atoms. The zero-order chi connectivity index (χ0) is 9.26. The lowest BCUT2D eigenvalue weighted by Crippen LogP contribution is -2.38. The fraction of sp³-hybridized carbons (Fsp3) is 1.00. The highest BCUT2D eigenvalue weighted by atomic mass is 16.6. The van der Waals surface area contributed by atoms with Gasteiger partial charge in [-0.1, -0.05) is 6.42 Å². The summed E-state index contributed by atoms with van der Waals surface area (Å²) in [6.07, 6.45) is 3.15. The molecule has 1 saturated heterocycles. The van der Waals surface area contributed by atoms with Crippen molar-refractivity contribution in [3.8, 4) is 0 Å². The zero-order valence-electron chi connectivity index (χ0n) is 8.11. The summed E-state index contributed by atoms with van der Waals surface area (Å²) in [4.78, 5) is 0. The molecule has 2 aliphatic rings. The second kappa shape index (κ2) is 3.95. The summed E-state index contributed by atoms with van der Waals surface area (Å²) in [6.45, 7) is 3.42. The molecule has 2 rings (SSSR count). The first-order valence-corrected chi connectivity index (χ1v) is 5.24. The van der Waals surface area contributed by atoms with Crippen molar-refractivity contribution in [3.63, 3.8) is 0 Å². The van der Waals surface area contributed by atoms with Crippen LogP contribution in [0, 0.1) is 5.92 Å². The van der Waals surface area contributed by atoms with Crippen molar-refractivity contribution < 1.29 is 14.6 Å². The van der Waals surface area contributed by atoms with Gasteiger partial charge in [-0.15, -0.1) is 0 Å². The molecule has 0 aromatic heterocycles. The highest BCUT2D eigenvalue weighted by Crippen LogP contribution is 2.35. The second-order valence-corrected chi connectivity index (χ2v) is 3.95. The fourth-order valence-corrected chi connectivity index (χ4v) is 2.52. The molecular weight excluding hydrogens is 168 g/mol. The molecule has 0 aromatic carbocycles. The number of aliphatic hydroxyl groups excluding tert-OH is 1. The van der Waals surface area contributed by atoms with Gasteiger partial charge in [0.05, 0.1) is 24.9 Å². The van der Waals surface area contributed by atoms with Gasteiger partial charge in [0.25, 0.3) is 0 Å². The second-order valence-electron chi connectivity index (χ2n) is 3.95. The van der Waals surface area contributed by atoms with Crippen molar-refractivity contribution in [1.29, 1.82) is 0 Å². The molecule has 1 aliphatic heterocycles. The molecule has 0 amide bonds. The summed E-state index contributed by atoms with van der Waals surface area (Å²) in [5.41, 5.74) is 0. The average molecular weight is 186 g/mol. The Morgan fingerprint density at radius 2 is 2.31 bits per heavy atom. The molecule has 76 valence electrons. The third-order valence-electron chi connectivity index (χ3n) is 3.15. The Hall–Kier alpha value is -0.120. The van der Waals surface area contributed by atoms with E-state index in [1.807, 2.05) is 6.92 Å². The van der Waals surface area contributed by atoms with Gasteiger partial charge in [0.1, 0.15) is 0 Å². The molecule has 0 bridgehead atoms. The maximum absolute atomic E-state index is 9.68. The van der Waals surface area contributed by atoms with E-state index in [9.17, 15) is 5.11 Å². The standard InChI is InChI=1S/C10H18O3/c1-2-12-9-6-13-10-7(9)4-3-5-8(10)11/h7-11H,2-6H2,1H3/t7-,8+,9+,10+/m1/s1. The predicted molar refractivity (Wildman–Crippen MR) is 48.5 cm³/mol. The first-order valence-electron chi connectivity index (χ1n) is 5.24. The normalized spacial score (nSPS) is 44.8. The van der Waals surface area contributed by atoms with E-state index in [2.05, 4.69) is 0 Å². The van der Waals surface area contributed by atoms with Gasteiger partial charge in [-0.05, 0) is 19.8 Å². The Morgan fingerprint density at radius 1 is 1.46 bits per heavy atom. The number of aliphatic hydroxyl groups is 1. The maximum Gasteiger partial charge on any atom is 0.0888 e. The van der Waals surface area contributed by atoms with Crippen LogP contribution in [0.25, 0.3) is 0 Å². The number of hydrogen-bond acceptors (Lipinski definition) is 3. The zero-order valence-corrected chi connectivity index (χ0v) is 8.11. The van der Waals surface area contributed by atoms with E-state index < -0.39 is 0 Å². The van der Waals surface area contributed by atoms with Crippen LogP contribution in [0.2, 0.25) is 0 Å². The van der Waals surface area contributed by atoms with Crippen molar-refractivity contribution in [3.05, 3.63) is 0 Å². The summed E-state index contributed by atoms with van der Waals surface area (Å²) in [6, 6.07) is 0. The molecule has 3 nitrogen and oxygen atoms in total. The summed E-state index contributed by atoms with van der Waals surface area (Å²) >= 11 is 0. The monoisotopic (exact) mass is 186 g/mol. The first-order chi connectivity index (χ1) is 6.33. The van der Waals surface area contributed by atoms with E-state index in [-0.39, 0.29) is 18.3 Å². The minimum Gasteiger partial charge on any atom is -0.390 e. The number of fused-ring (bicyclic) bond motifs is 1. The SMILES string of the molecule is CCO[C@H]1CO[C@H]2[C@@H]1CCC[C@@H]2O. The maximum atomic E-state index is 9.68. The van der Waals surface area contributed by atoms with Crippen LogP contribution in [0.15, 0.2) is 0 Å². The molecule has 13 heavy (non-hydrogen) atoms. The van der Waals surface area contributed by atoms with Gasteiger partial charge in [0.15, 0.2) is 0 Å².